The second-order valence-electron chi connectivity index (χ2n) is 3.37. The fourth-order valence-electron chi connectivity index (χ4n) is 1.47. The predicted molar refractivity (Wildman–Crippen MR) is 47.3 cm³/mol. The molecule has 1 aliphatic rings. The van der Waals surface area contributed by atoms with Crippen LogP contribution in [0.1, 0.15) is 26.7 Å². The van der Waals surface area contributed by atoms with Crippen molar-refractivity contribution in [1.29, 1.82) is 0 Å². The van der Waals surface area contributed by atoms with Gasteiger partial charge in [0.15, 0.2) is 0 Å². The summed E-state index contributed by atoms with van der Waals surface area (Å²) in [5, 5.41) is 9.83. The van der Waals surface area contributed by atoms with Gasteiger partial charge in [-0.05, 0) is 13.3 Å². The van der Waals surface area contributed by atoms with Crippen LogP contribution in [0.15, 0.2) is 24.3 Å². The summed E-state index contributed by atoms with van der Waals surface area (Å²) in [5.74, 6) is 0.303. The summed E-state index contributed by atoms with van der Waals surface area (Å²) in [6, 6.07) is 0. The quantitative estimate of drug-likeness (QED) is 0.643. The number of hydrogen-bond acceptors (Lipinski definition) is 1. The second kappa shape index (κ2) is 3.22. The normalized spacial score (nSPS) is 36.1. The van der Waals surface area contributed by atoms with Crippen LogP contribution in [0.3, 0.4) is 0 Å². The Morgan fingerprint density at radius 2 is 2.18 bits per heavy atom. The molecule has 0 saturated heterocycles. The topological polar surface area (TPSA) is 20.2 Å². The lowest BCUT2D eigenvalue weighted by atomic mass is 9.83. The van der Waals surface area contributed by atoms with Gasteiger partial charge < -0.3 is 5.11 Å². The second-order valence-corrected chi connectivity index (χ2v) is 3.37. The van der Waals surface area contributed by atoms with Gasteiger partial charge in [-0.2, -0.15) is 0 Å². The van der Waals surface area contributed by atoms with E-state index in [4.69, 9.17) is 0 Å². The molecule has 62 valence electrons. The van der Waals surface area contributed by atoms with E-state index in [0.717, 1.165) is 12.8 Å². The summed E-state index contributed by atoms with van der Waals surface area (Å²) in [5.41, 5.74) is -0.620. The summed E-state index contributed by atoms with van der Waals surface area (Å²) in [4.78, 5) is 0. The molecule has 0 spiro atoms. The summed E-state index contributed by atoms with van der Waals surface area (Å²) < 4.78 is 0. The van der Waals surface area contributed by atoms with Crippen LogP contribution in [-0.2, 0) is 0 Å². The molecule has 2 unspecified atom stereocenters. The first-order valence-corrected chi connectivity index (χ1v) is 4.25. The highest BCUT2D eigenvalue weighted by Gasteiger charge is 2.27. The third kappa shape index (κ3) is 1.93. The monoisotopic (exact) mass is 152 g/mol. The summed E-state index contributed by atoms with van der Waals surface area (Å²) in [6.07, 6.45) is 10.1. The van der Waals surface area contributed by atoms with Crippen molar-refractivity contribution >= 4 is 0 Å². The average molecular weight is 152 g/mol. The van der Waals surface area contributed by atoms with Gasteiger partial charge in [0.1, 0.15) is 0 Å². The zero-order valence-electron chi connectivity index (χ0n) is 7.25. The Bertz CT molecular complexity index is 177. The highest BCUT2D eigenvalue weighted by Crippen LogP contribution is 2.27. The highest BCUT2D eigenvalue weighted by atomic mass is 16.3. The van der Waals surface area contributed by atoms with Gasteiger partial charge in [0.25, 0.3) is 0 Å². The molecule has 0 saturated carbocycles. The van der Waals surface area contributed by atoms with Crippen LogP contribution in [-0.4, -0.2) is 10.7 Å². The van der Waals surface area contributed by atoms with Crippen molar-refractivity contribution in [2.45, 2.75) is 32.3 Å². The van der Waals surface area contributed by atoms with E-state index in [1.165, 1.54) is 0 Å². The maximum atomic E-state index is 9.83. The third-order valence-corrected chi connectivity index (χ3v) is 2.24. The van der Waals surface area contributed by atoms with Gasteiger partial charge in [-0.3, -0.25) is 0 Å². The van der Waals surface area contributed by atoms with Gasteiger partial charge >= 0.3 is 0 Å². The van der Waals surface area contributed by atoms with Crippen LogP contribution >= 0.6 is 0 Å². The molecule has 1 N–H and O–H groups in total. The van der Waals surface area contributed by atoms with Crippen molar-refractivity contribution in [2.24, 2.45) is 5.92 Å². The van der Waals surface area contributed by atoms with Gasteiger partial charge in [-0.1, -0.05) is 37.6 Å². The Kier molecular flexibility index (Phi) is 2.50. The van der Waals surface area contributed by atoms with Crippen LogP contribution in [0.25, 0.3) is 0 Å². The van der Waals surface area contributed by atoms with Gasteiger partial charge in [0, 0.05) is 5.92 Å². The summed E-state index contributed by atoms with van der Waals surface area (Å²) in [7, 11) is 0. The van der Waals surface area contributed by atoms with E-state index in [0.29, 0.717) is 5.92 Å². The average Bonchev–Trinajstić information content (AvgIpc) is 1.94. The zero-order valence-corrected chi connectivity index (χ0v) is 7.25. The summed E-state index contributed by atoms with van der Waals surface area (Å²) >= 11 is 0. The molecule has 0 amide bonds. The van der Waals surface area contributed by atoms with Crippen LogP contribution in [0.2, 0.25) is 0 Å². The highest BCUT2D eigenvalue weighted by molar-refractivity contribution is 5.20. The van der Waals surface area contributed by atoms with Gasteiger partial charge in [0.2, 0.25) is 0 Å². The molecule has 0 bridgehead atoms. The fourth-order valence-corrected chi connectivity index (χ4v) is 1.47. The molecule has 0 fully saturated rings. The van der Waals surface area contributed by atoms with Gasteiger partial charge in [-0.25, -0.2) is 0 Å². The van der Waals surface area contributed by atoms with E-state index in [1.54, 1.807) is 0 Å². The van der Waals surface area contributed by atoms with E-state index >= 15 is 0 Å². The Morgan fingerprint density at radius 3 is 2.73 bits per heavy atom. The molecule has 0 aliphatic heterocycles. The molecule has 0 heterocycles. The van der Waals surface area contributed by atoms with Crippen molar-refractivity contribution in [3.63, 3.8) is 0 Å². The molecule has 0 aromatic heterocycles. The Morgan fingerprint density at radius 1 is 1.45 bits per heavy atom. The van der Waals surface area contributed by atoms with Crippen LogP contribution in [0.4, 0.5) is 0 Å². The number of hydrogen-bond donors (Lipinski definition) is 1. The first kappa shape index (κ1) is 8.54. The number of allylic oxidation sites excluding steroid dienone is 2. The maximum absolute atomic E-state index is 9.83. The predicted octanol–water partition coefficient (Wildman–Crippen LogP) is 2.28. The molecule has 11 heavy (non-hydrogen) atoms. The molecular formula is C10H16O. The Balaban J connectivity index is 2.64. The largest absolute Gasteiger partial charge is 0.385 e. The van der Waals surface area contributed by atoms with E-state index in [2.05, 4.69) is 13.0 Å². The van der Waals surface area contributed by atoms with Crippen molar-refractivity contribution in [3.8, 4) is 0 Å². The minimum Gasteiger partial charge on any atom is -0.385 e. The minimum absolute atomic E-state index is 0.303. The van der Waals surface area contributed by atoms with E-state index in [1.807, 2.05) is 25.2 Å². The van der Waals surface area contributed by atoms with Gasteiger partial charge in [0.05, 0.1) is 5.60 Å². The van der Waals surface area contributed by atoms with Crippen molar-refractivity contribution in [2.75, 3.05) is 0 Å². The molecule has 1 rings (SSSR count). The minimum atomic E-state index is -0.620. The third-order valence-electron chi connectivity index (χ3n) is 2.24. The van der Waals surface area contributed by atoms with Crippen molar-refractivity contribution < 1.29 is 5.11 Å². The first-order valence-electron chi connectivity index (χ1n) is 4.25. The number of rotatable bonds is 2. The van der Waals surface area contributed by atoms with E-state index in [9.17, 15) is 5.11 Å². The Hall–Kier alpha value is -0.560. The standard InChI is InChI=1S/C10H16O/c1-3-6-9-7-4-5-8-10(9,2)11/h4-5,7-9,11H,3,6H2,1-2H3. The molecule has 1 nitrogen and oxygen atoms in total. The first-order chi connectivity index (χ1) is 5.17. The molecule has 1 heteroatoms. The molecule has 1 aliphatic carbocycles. The fraction of sp³-hybridized carbons (Fsp3) is 0.600. The molecule has 0 aromatic rings. The molecule has 2 atom stereocenters. The molecule has 0 aromatic carbocycles. The molecule has 0 radical (unpaired) electrons. The maximum Gasteiger partial charge on any atom is 0.0865 e. The van der Waals surface area contributed by atoms with E-state index < -0.39 is 5.60 Å². The zero-order chi connectivity index (χ0) is 8.32. The number of aliphatic hydroxyl groups is 1. The summed E-state index contributed by atoms with van der Waals surface area (Å²) in [6.45, 7) is 4.01. The van der Waals surface area contributed by atoms with Crippen LogP contribution in [0.5, 0.6) is 0 Å². The smallest absolute Gasteiger partial charge is 0.0865 e. The van der Waals surface area contributed by atoms with Gasteiger partial charge in [-0.15, -0.1) is 0 Å². The van der Waals surface area contributed by atoms with Crippen LogP contribution < -0.4 is 0 Å². The lowest BCUT2D eigenvalue weighted by molar-refractivity contribution is 0.0615. The Labute approximate surface area is 68.4 Å². The lowest BCUT2D eigenvalue weighted by Crippen LogP contribution is -2.32. The SMILES string of the molecule is CCCC1C=CC=CC1(C)O. The van der Waals surface area contributed by atoms with Crippen molar-refractivity contribution in [1.82, 2.24) is 0 Å². The van der Waals surface area contributed by atoms with Crippen LogP contribution in [0, 0.1) is 5.92 Å². The molecular weight excluding hydrogens is 136 g/mol. The van der Waals surface area contributed by atoms with E-state index in [-0.39, 0.29) is 0 Å². The lowest BCUT2D eigenvalue weighted by Gasteiger charge is -2.29. The van der Waals surface area contributed by atoms with Crippen molar-refractivity contribution in [3.05, 3.63) is 24.3 Å².